The van der Waals surface area contributed by atoms with E-state index in [2.05, 4.69) is 5.32 Å². The van der Waals surface area contributed by atoms with Gasteiger partial charge < -0.3 is 5.73 Å². The molecule has 0 spiro atoms. The molecule has 0 fully saturated rings. The fourth-order valence-electron chi connectivity index (χ4n) is 1.94. The number of nitrogens with one attached hydrogen (secondary N) is 1. The average molecular weight is 312 g/mol. The van der Waals surface area contributed by atoms with E-state index in [0.717, 1.165) is 0 Å². The number of likely N-dealkylation sites (N-methyl/N-ethyl adjacent to an activating group) is 1. The van der Waals surface area contributed by atoms with Crippen LogP contribution in [0.3, 0.4) is 0 Å². The highest BCUT2D eigenvalue weighted by Crippen LogP contribution is 2.13. The van der Waals surface area contributed by atoms with Gasteiger partial charge in [-0.05, 0) is 43.3 Å². The first kappa shape index (κ1) is 17.6. The number of rotatable bonds is 6. The molecule has 3 N–H and O–H groups in total. The summed E-state index contributed by atoms with van der Waals surface area (Å²) in [6.07, 6.45) is 0. The number of carbonyl (C=O) groups excluding carboxylic acids is 2. The summed E-state index contributed by atoms with van der Waals surface area (Å²) in [7, 11) is 1.82. The van der Waals surface area contributed by atoms with Crippen molar-refractivity contribution in [3.05, 3.63) is 34.9 Å². The predicted octanol–water partition coefficient (Wildman–Crippen LogP) is 1.51. The van der Waals surface area contributed by atoms with E-state index in [1.165, 1.54) is 0 Å². The number of hydrogen-bond donors (Lipinski definition) is 2. The molecule has 0 aliphatic carbocycles. The zero-order valence-corrected chi connectivity index (χ0v) is 13.4. The number of hydrogen-bond acceptors (Lipinski definition) is 4. The normalized spacial score (nSPS) is 11.5. The summed E-state index contributed by atoms with van der Waals surface area (Å²) < 4.78 is 0. The molecule has 0 unspecified atom stereocenters. The minimum Gasteiger partial charge on any atom is -0.330 e. The molecule has 6 heteroatoms. The van der Waals surface area contributed by atoms with E-state index in [1.54, 1.807) is 24.3 Å². The van der Waals surface area contributed by atoms with Crippen LogP contribution in [0.25, 0.3) is 0 Å². The maximum atomic E-state index is 11.9. The third kappa shape index (κ3) is 6.25. The van der Waals surface area contributed by atoms with E-state index in [9.17, 15) is 9.59 Å². The van der Waals surface area contributed by atoms with Crippen molar-refractivity contribution in [3.8, 4) is 0 Å². The zero-order valence-electron chi connectivity index (χ0n) is 12.6. The molecule has 0 radical (unpaired) electrons. The Balaban J connectivity index is 2.50. The van der Waals surface area contributed by atoms with Gasteiger partial charge in [0.05, 0.1) is 6.54 Å². The average Bonchev–Trinajstić information content (AvgIpc) is 2.38. The third-order valence-electron chi connectivity index (χ3n) is 3.02. The van der Waals surface area contributed by atoms with Crippen molar-refractivity contribution < 1.29 is 9.59 Å². The monoisotopic (exact) mass is 311 g/mol. The van der Waals surface area contributed by atoms with E-state index < -0.39 is 5.91 Å². The number of halogens is 1. The van der Waals surface area contributed by atoms with Gasteiger partial charge in [-0.2, -0.15) is 0 Å². The summed E-state index contributed by atoms with van der Waals surface area (Å²) in [5.41, 5.74) is 5.99. The van der Waals surface area contributed by atoms with Crippen LogP contribution in [0.4, 0.5) is 0 Å². The van der Waals surface area contributed by atoms with Gasteiger partial charge in [-0.1, -0.05) is 25.4 Å². The quantitative estimate of drug-likeness (QED) is 0.835. The van der Waals surface area contributed by atoms with Crippen molar-refractivity contribution in [2.75, 3.05) is 26.7 Å². The lowest BCUT2D eigenvalue weighted by Gasteiger charge is -2.28. The van der Waals surface area contributed by atoms with Gasteiger partial charge in [0.15, 0.2) is 0 Å². The molecule has 116 valence electrons. The maximum absolute atomic E-state index is 11.9. The highest BCUT2D eigenvalue weighted by Gasteiger charge is 2.20. The molecule has 1 aromatic carbocycles. The number of amides is 2. The first-order valence-corrected chi connectivity index (χ1v) is 7.10. The summed E-state index contributed by atoms with van der Waals surface area (Å²) >= 11 is 5.75. The van der Waals surface area contributed by atoms with Gasteiger partial charge in [0, 0.05) is 17.1 Å². The van der Waals surface area contributed by atoms with Crippen LogP contribution in [0.5, 0.6) is 0 Å². The van der Waals surface area contributed by atoms with Crippen molar-refractivity contribution in [1.29, 1.82) is 0 Å². The molecule has 0 bridgehead atoms. The smallest absolute Gasteiger partial charge is 0.257 e. The lowest BCUT2D eigenvalue weighted by molar-refractivity contribution is -0.121. The molecule has 0 atom stereocenters. The molecular formula is C15H22ClN3O2. The van der Waals surface area contributed by atoms with Gasteiger partial charge >= 0.3 is 0 Å². The summed E-state index contributed by atoms with van der Waals surface area (Å²) in [6, 6.07) is 6.37. The molecule has 2 amide bonds. The summed E-state index contributed by atoms with van der Waals surface area (Å²) in [6.45, 7) is 5.40. The first-order valence-electron chi connectivity index (χ1n) is 6.72. The number of carbonyl (C=O) groups is 2. The second-order valence-corrected chi connectivity index (χ2v) is 6.36. The Morgan fingerprint density at radius 1 is 1.29 bits per heavy atom. The second kappa shape index (κ2) is 7.54. The van der Waals surface area contributed by atoms with Gasteiger partial charge in [0.1, 0.15) is 0 Å². The minimum absolute atomic E-state index is 0.0742. The van der Waals surface area contributed by atoms with Gasteiger partial charge in [0.25, 0.3) is 5.91 Å². The summed E-state index contributed by atoms with van der Waals surface area (Å²) in [5, 5.41) is 2.90. The van der Waals surface area contributed by atoms with Crippen molar-refractivity contribution in [2.24, 2.45) is 11.1 Å². The molecule has 0 aromatic heterocycles. The van der Waals surface area contributed by atoms with E-state index in [0.29, 0.717) is 23.7 Å². The fourth-order valence-corrected chi connectivity index (χ4v) is 2.06. The van der Waals surface area contributed by atoms with Crippen molar-refractivity contribution in [2.45, 2.75) is 13.8 Å². The number of imide groups is 1. The molecule has 0 heterocycles. The van der Waals surface area contributed by atoms with Crippen molar-refractivity contribution >= 4 is 23.4 Å². The van der Waals surface area contributed by atoms with Crippen LogP contribution in [-0.2, 0) is 4.79 Å². The molecule has 0 aliphatic heterocycles. The minimum atomic E-state index is -0.428. The van der Waals surface area contributed by atoms with Crippen LogP contribution in [0.2, 0.25) is 5.02 Å². The van der Waals surface area contributed by atoms with Crippen LogP contribution < -0.4 is 11.1 Å². The lowest BCUT2D eigenvalue weighted by Crippen LogP contribution is -2.43. The molecule has 0 aliphatic rings. The molecule has 0 saturated heterocycles. The highest BCUT2D eigenvalue weighted by atomic mass is 35.5. The van der Waals surface area contributed by atoms with Gasteiger partial charge in [-0.15, -0.1) is 0 Å². The molecule has 1 aromatic rings. The Morgan fingerprint density at radius 3 is 2.38 bits per heavy atom. The van der Waals surface area contributed by atoms with E-state index in [4.69, 9.17) is 17.3 Å². The van der Waals surface area contributed by atoms with E-state index >= 15 is 0 Å². The Kier molecular flexibility index (Phi) is 6.33. The van der Waals surface area contributed by atoms with Crippen LogP contribution in [0.15, 0.2) is 24.3 Å². The van der Waals surface area contributed by atoms with Crippen LogP contribution in [0.1, 0.15) is 24.2 Å². The Bertz CT molecular complexity index is 500. The number of nitrogens with two attached hydrogens (primary N) is 1. The summed E-state index contributed by atoms with van der Waals surface area (Å²) in [4.78, 5) is 25.6. The van der Waals surface area contributed by atoms with E-state index in [1.807, 2.05) is 25.8 Å². The molecule has 21 heavy (non-hydrogen) atoms. The lowest BCUT2D eigenvalue weighted by atomic mass is 9.93. The Morgan fingerprint density at radius 2 is 1.86 bits per heavy atom. The van der Waals surface area contributed by atoms with Crippen LogP contribution in [-0.4, -0.2) is 43.4 Å². The first-order chi connectivity index (χ1) is 9.73. The standard InChI is InChI=1S/C15H22ClN3O2/c1-15(2,9-17)10-19(3)8-13(20)18-14(21)11-4-6-12(16)7-5-11/h4-7H,8-10,17H2,1-3H3,(H,18,20,21). The highest BCUT2D eigenvalue weighted by molar-refractivity contribution is 6.30. The van der Waals surface area contributed by atoms with Gasteiger partial charge in [0.2, 0.25) is 5.91 Å². The Hall–Kier alpha value is -1.43. The zero-order chi connectivity index (χ0) is 16.0. The molecule has 1 rings (SSSR count). The summed E-state index contributed by atoms with van der Waals surface area (Å²) in [5.74, 6) is -0.770. The number of nitrogens with zero attached hydrogens (tertiary/aromatic N) is 1. The second-order valence-electron chi connectivity index (χ2n) is 5.92. The largest absolute Gasteiger partial charge is 0.330 e. The van der Waals surface area contributed by atoms with Crippen molar-refractivity contribution in [1.82, 2.24) is 10.2 Å². The van der Waals surface area contributed by atoms with Gasteiger partial charge in [-0.25, -0.2) is 0 Å². The molecule has 5 nitrogen and oxygen atoms in total. The third-order valence-corrected chi connectivity index (χ3v) is 3.28. The maximum Gasteiger partial charge on any atom is 0.257 e. The Labute approximate surface area is 130 Å². The van der Waals surface area contributed by atoms with E-state index in [-0.39, 0.29) is 17.9 Å². The number of benzene rings is 1. The molecular weight excluding hydrogens is 290 g/mol. The van der Waals surface area contributed by atoms with Crippen LogP contribution in [0, 0.1) is 5.41 Å². The predicted molar refractivity (Wildman–Crippen MR) is 84.3 cm³/mol. The SMILES string of the molecule is CN(CC(=O)NC(=O)c1ccc(Cl)cc1)CC(C)(C)CN. The van der Waals surface area contributed by atoms with Crippen LogP contribution >= 0.6 is 11.6 Å². The fraction of sp³-hybridized carbons (Fsp3) is 0.467. The van der Waals surface area contributed by atoms with Crippen molar-refractivity contribution in [3.63, 3.8) is 0 Å². The topological polar surface area (TPSA) is 75.4 Å². The van der Waals surface area contributed by atoms with Gasteiger partial charge in [-0.3, -0.25) is 19.8 Å². The molecule has 0 saturated carbocycles.